The van der Waals surface area contributed by atoms with Crippen molar-refractivity contribution in [2.75, 3.05) is 46.8 Å². The van der Waals surface area contributed by atoms with E-state index in [1.165, 1.54) is 6.42 Å². The van der Waals surface area contributed by atoms with Crippen LogP contribution in [0.1, 0.15) is 38.5 Å². The second kappa shape index (κ2) is 10.1. The van der Waals surface area contributed by atoms with Crippen molar-refractivity contribution in [1.82, 2.24) is 29.6 Å². The first-order chi connectivity index (χ1) is 13.1. The van der Waals surface area contributed by atoms with Gasteiger partial charge in [0, 0.05) is 63.7 Å². The minimum Gasteiger partial charge on any atom is -0.337 e. The van der Waals surface area contributed by atoms with Gasteiger partial charge in [0.15, 0.2) is 0 Å². The fourth-order valence-electron chi connectivity index (χ4n) is 4.19. The van der Waals surface area contributed by atoms with E-state index in [-0.39, 0.29) is 6.03 Å². The molecule has 152 valence electrons. The van der Waals surface area contributed by atoms with E-state index in [2.05, 4.69) is 43.7 Å². The number of aryl methyl sites for hydroxylation is 1. The molecular weight excluding hydrogens is 340 g/mol. The number of rotatable bonds is 7. The van der Waals surface area contributed by atoms with Gasteiger partial charge in [-0.25, -0.2) is 9.78 Å². The molecule has 0 unspecified atom stereocenters. The number of nitrogens with one attached hydrogen (secondary N) is 1. The smallest absolute Gasteiger partial charge is 0.317 e. The Hall–Kier alpha value is -1.60. The first-order valence-electron chi connectivity index (χ1n) is 10.5. The van der Waals surface area contributed by atoms with Gasteiger partial charge >= 0.3 is 6.03 Å². The highest BCUT2D eigenvalue weighted by Gasteiger charge is 2.29. The van der Waals surface area contributed by atoms with Gasteiger partial charge in [0.05, 0.1) is 6.33 Å². The number of likely N-dealkylation sites (tertiary alicyclic amines) is 2. The van der Waals surface area contributed by atoms with Crippen LogP contribution in [0.2, 0.25) is 0 Å². The monoisotopic (exact) mass is 376 g/mol. The van der Waals surface area contributed by atoms with Crippen LogP contribution >= 0.6 is 0 Å². The Morgan fingerprint density at radius 3 is 2.67 bits per heavy atom. The number of likely N-dealkylation sites (N-methyl/N-ethyl adjacent to an activating group) is 1. The molecule has 0 spiro atoms. The Kier molecular flexibility index (Phi) is 7.52. The van der Waals surface area contributed by atoms with Crippen molar-refractivity contribution in [1.29, 1.82) is 0 Å². The molecule has 0 bridgehead atoms. The SMILES string of the molecule is CN(C)CCN1CCC(NC(=O)N2CCCC[C@@H]2CCn2ccnc2)CC1. The summed E-state index contributed by atoms with van der Waals surface area (Å²) in [5.41, 5.74) is 0. The topological polar surface area (TPSA) is 56.6 Å². The molecule has 2 amide bonds. The molecule has 0 radical (unpaired) electrons. The summed E-state index contributed by atoms with van der Waals surface area (Å²) in [5.74, 6) is 0. The number of aromatic nitrogens is 2. The number of urea groups is 1. The number of hydrogen-bond donors (Lipinski definition) is 1. The summed E-state index contributed by atoms with van der Waals surface area (Å²) in [6.45, 7) is 6.21. The van der Waals surface area contributed by atoms with E-state index >= 15 is 0 Å². The van der Waals surface area contributed by atoms with Crippen LogP contribution in [0.5, 0.6) is 0 Å². The zero-order chi connectivity index (χ0) is 19.1. The van der Waals surface area contributed by atoms with Gasteiger partial charge in [0.1, 0.15) is 0 Å². The molecule has 2 fully saturated rings. The minimum absolute atomic E-state index is 0.150. The minimum atomic E-state index is 0.150. The molecule has 2 aliphatic heterocycles. The van der Waals surface area contributed by atoms with E-state index in [4.69, 9.17) is 0 Å². The number of amides is 2. The lowest BCUT2D eigenvalue weighted by Crippen LogP contribution is -2.53. The van der Waals surface area contributed by atoms with E-state index < -0.39 is 0 Å². The summed E-state index contributed by atoms with van der Waals surface area (Å²) in [6, 6.07) is 0.822. The lowest BCUT2D eigenvalue weighted by Gasteiger charge is -2.38. The van der Waals surface area contributed by atoms with E-state index in [0.717, 1.165) is 71.4 Å². The maximum absolute atomic E-state index is 12.9. The number of nitrogens with zero attached hydrogens (tertiary/aromatic N) is 5. The van der Waals surface area contributed by atoms with E-state index in [1.807, 2.05) is 18.7 Å². The third kappa shape index (κ3) is 6.21. The van der Waals surface area contributed by atoms with Gasteiger partial charge in [-0.15, -0.1) is 0 Å². The Balaban J connectivity index is 1.43. The van der Waals surface area contributed by atoms with Crippen LogP contribution in [0.3, 0.4) is 0 Å². The molecule has 1 aromatic rings. The van der Waals surface area contributed by atoms with E-state index in [9.17, 15) is 4.79 Å². The van der Waals surface area contributed by atoms with Crippen LogP contribution in [-0.4, -0.2) is 89.2 Å². The van der Waals surface area contributed by atoms with Crippen LogP contribution in [0.25, 0.3) is 0 Å². The lowest BCUT2D eigenvalue weighted by atomic mass is 9.99. The second-order valence-corrected chi connectivity index (χ2v) is 8.30. The Labute approximate surface area is 163 Å². The summed E-state index contributed by atoms with van der Waals surface area (Å²) in [5, 5.41) is 3.33. The molecule has 7 heteroatoms. The van der Waals surface area contributed by atoms with Crippen molar-refractivity contribution in [3.8, 4) is 0 Å². The van der Waals surface area contributed by atoms with Gasteiger partial charge in [-0.05, 0) is 52.6 Å². The Morgan fingerprint density at radius 2 is 1.96 bits per heavy atom. The molecule has 0 aromatic carbocycles. The van der Waals surface area contributed by atoms with Crippen LogP contribution in [0, 0.1) is 0 Å². The van der Waals surface area contributed by atoms with Crippen molar-refractivity contribution in [2.24, 2.45) is 0 Å². The average Bonchev–Trinajstić information content (AvgIpc) is 3.19. The predicted molar refractivity (Wildman–Crippen MR) is 108 cm³/mol. The third-order valence-corrected chi connectivity index (χ3v) is 5.95. The maximum Gasteiger partial charge on any atom is 0.317 e. The zero-order valence-corrected chi connectivity index (χ0v) is 17.0. The number of carbonyl (C=O) groups excluding carboxylic acids is 1. The largest absolute Gasteiger partial charge is 0.337 e. The Bertz CT molecular complexity index is 553. The second-order valence-electron chi connectivity index (χ2n) is 8.30. The lowest BCUT2D eigenvalue weighted by molar-refractivity contribution is 0.132. The molecule has 0 saturated carbocycles. The standard InChI is InChI=1S/C20H36N6O/c1-23(2)15-16-24-11-6-18(7-12-24)22-20(27)26-10-4-3-5-19(26)8-13-25-14-9-21-17-25/h9,14,17-19H,3-8,10-13,15-16H2,1-2H3,(H,22,27)/t19-/m1/s1. The van der Waals surface area contributed by atoms with E-state index in [0.29, 0.717) is 12.1 Å². The summed E-state index contributed by atoms with van der Waals surface area (Å²) >= 11 is 0. The summed E-state index contributed by atoms with van der Waals surface area (Å²) in [4.78, 5) is 23.9. The molecule has 27 heavy (non-hydrogen) atoms. The summed E-state index contributed by atoms with van der Waals surface area (Å²) in [7, 11) is 4.24. The van der Waals surface area contributed by atoms with Gasteiger partial charge in [0.25, 0.3) is 0 Å². The molecule has 7 nitrogen and oxygen atoms in total. The highest BCUT2D eigenvalue weighted by atomic mass is 16.2. The molecular formula is C20H36N6O. The van der Waals surface area contributed by atoms with Crippen molar-refractivity contribution >= 4 is 6.03 Å². The van der Waals surface area contributed by atoms with Gasteiger partial charge in [-0.3, -0.25) is 0 Å². The Morgan fingerprint density at radius 1 is 1.15 bits per heavy atom. The van der Waals surface area contributed by atoms with E-state index in [1.54, 1.807) is 0 Å². The average molecular weight is 377 g/mol. The molecule has 1 aromatic heterocycles. The molecule has 2 aliphatic rings. The maximum atomic E-state index is 12.9. The van der Waals surface area contributed by atoms with Gasteiger partial charge in [-0.1, -0.05) is 0 Å². The van der Waals surface area contributed by atoms with Gasteiger partial charge in [-0.2, -0.15) is 0 Å². The molecule has 3 rings (SSSR count). The number of piperidine rings is 2. The number of hydrogen-bond acceptors (Lipinski definition) is 4. The molecule has 1 atom stereocenters. The highest BCUT2D eigenvalue weighted by Crippen LogP contribution is 2.21. The quantitative estimate of drug-likeness (QED) is 0.789. The van der Waals surface area contributed by atoms with Crippen LogP contribution in [0.4, 0.5) is 4.79 Å². The van der Waals surface area contributed by atoms with Crippen LogP contribution in [-0.2, 0) is 6.54 Å². The first kappa shape index (κ1) is 20.1. The molecule has 3 heterocycles. The molecule has 0 aliphatic carbocycles. The fourth-order valence-corrected chi connectivity index (χ4v) is 4.19. The van der Waals surface area contributed by atoms with Crippen LogP contribution < -0.4 is 5.32 Å². The fraction of sp³-hybridized carbons (Fsp3) is 0.800. The van der Waals surface area contributed by atoms with Crippen molar-refractivity contribution in [2.45, 2.75) is 57.2 Å². The normalized spacial score (nSPS) is 22.3. The van der Waals surface area contributed by atoms with Crippen molar-refractivity contribution in [3.05, 3.63) is 18.7 Å². The zero-order valence-electron chi connectivity index (χ0n) is 17.0. The van der Waals surface area contributed by atoms with Crippen LogP contribution in [0.15, 0.2) is 18.7 Å². The summed E-state index contributed by atoms with van der Waals surface area (Å²) < 4.78 is 2.11. The van der Waals surface area contributed by atoms with Gasteiger partial charge in [0.2, 0.25) is 0 Å². The third-order valence-electron chi connectivity index (χ3n) is 5.95. The number of carbonyl (C=O) groups is 1. The first-order valence-corrected chi connectivity index (χ1v) is 10.5. The molecule has 1 N–H and O–H groups in total. The highest BCUT2D eigenvalue weighted by molar-refractivity contribution is 5.75. The summed E-state index contributed by atoms with van der Waals surface area (Å²) in [6.07, 6.45) is 12.3. The molecule has 2 saturated heterocycles. The van der Waals surface area contributed by atoms with Crippen molar-refractivity contribution < 1.29 is 4.79 Å². The predicted octanol–water partition coefficient (Wildman–Crippen LogP) is 1.86. The van der Waals surface area contributed by atoms with Crippen molar-refractivity contribution in [3.63, 3.8) is 0 Å². The number of imidazole rings is 1. The van der Waals surface area contributed by atoms with Gasteiger partial charge < -0.3 is 24.6 Å².